The van der Waals surface area contributed by atoms with Gasteiger partial charge in [-0.25, -0.2) is 0 Å². The van der Waals surface area contributed by atoms with E-state index in [2.05, 4.69) is 4.98 Å². The molecule has 1 aromatic carbocycles. The van der Waals surface area contributed by atoms with E-state index >= 15 is 0 Å². The molecular weight excluding hydrogens is 416 g/mol. The van der Waals surface area contributed by atoms with Gasteiger partial charge < -0.3 is 14.5 Å². The van der Waals surface area contributed by atoms with E-state index in [-0.39, 0.29) is 17.9 Å². The molecule has 0 spiro atoms. The van der Waals surface area contributed by atoms with Crippen LogP contribution in [0.3, 0.4) is 0 Å². The van der Waals surface area contributed by atoms with E-state index in [0.717, 1.165) is 0 Å². The van der Waals surface area contributed by atoms with Gasteiger partial charge in [0, 0.05) is 27.4 Å². The third-order valence-corrected chi connectivity index (χ3v) is 5.81. The van der Waals surface area contributed by atoms with Crippen LogP contribution in [0.4, 0.5) is 0 Å². The van der Waals surface area contributed by atoms with Crippen LogP contribution in [0.5, 0.6) is 0 Å². The lowest BCUT2D eigenvalue weighted by molar-refractivity contribution is -0.484. The molecule has 1 aliphatic rings. The number of ketones is 1. The standard InChI is InChI=1S/C23H28N2O7/c1-12(2)31-21(27)23(22(28)32-13(3)4)10-16(14(5)26)17(11-25(29)30)19-15-8-6-7-9-18(15)24-20(19)23/h6-9,12-13,16-17,24H,10-11H2,1-5H3/t16-,17+/m0/s1. The second-order valence-electron chi connectivity index (χ2n) is 8.82. The molecule has 172 valence electrons. The first-order chi connectivity index (χ1) is 15.0. The van der Waals surface area contributed by atoms with Crippen molar-refractivity contribution in [2.45, 2.75) is 64.6 Å². The highest BCUT2D eigenvalue weighted by atomic mass is 16.6. The second kappa shape index (κ2) is 8.72. The largest absolute Gasteiger partial charge is 0.462 e. The van der Waals surface area contributed by atoms with E-state index < -0.39 is 52.9 Å². The van der Waals surface area contributed by atoms with Gasteiger partial charge in [0.05, 0.1) is 18.1 Å². The third kappa shape index (κ3) is 3.99. The van der Waals surface area contributed by atoms with Crippen molar-refractivity contribution in [2.75, 3.05) is 6.54 Å². The minimum Gasteiger partial charge on any atom is -0.462 e. The Bertz CT molecular complexity index is 1050. The quantitative estimate of drug-likeness (QED) is 0.300. The van der Waals surface area contributed by atoms with Crippen molar-refractivity contribution in [1.29, 1.82) is 0 Å². The highest BCUT2D eigenvalue weighted by Gasteiger charge is 2.60. The predicted molar refractivity (Wildman–Crippen MR) is 116 cm³/mol. The van der Waals surface area contributed by atoms with E-state index in [1.807, 2.05) is 0 Å². The average molecular weight is 444 g/mol. The average Bonchev–Trinajstić information content (AvgIpc) is 3.06. The highest BCUT2D eigenvalue weighted by Crippen LogP contribution is 2.50. The summed E-state index contributed by atoms with van der Waals surface area (Å²) in [6.45, 7) is 7.45. The lowest BCUT2D eigenvalue weighted by Crippen LogP contribution is -2.53. The van der Waals surface area contributed by atoms with E-state index in [1.54, 1.807) is 52.0 Å². The van der Waals surface area contributed by atoms with Gasteiger partial charge in [0.15, 0.2) is 0 Å². The van der Waals surface area contributed by atoms with Crippen LogP contribution in [-0.4, -0.2) is 46.4 Å². The number of hydrogen-bond acceptors (Lipinski definition) is 7. The van der Waals surface area contributed by atoms with E-state index in [1.165, 1.54) is 6.92 Å². The zero-order valence-electron chi connectivity index (χ0n) is 18.8. The van der Waals surface area contributed by atoms with Gasteiger partial charge in [0.1, 0.15) is 5.78 Å². The van der Waals surface area contributed by atoms with Gasteiger partial charge in [-0.1, -0.05) is 18.2 Å². The fourth-order valence-corrected chi connectivity index (χ4v) is 4.55. The number of ether oxygens (including phenoxy) is 2. The minimum atomic E-state index is -1.94. The number of nitro groups is 1. The van der Waals surface area contributed by atoms with E-state index in [9.17, 15) is 24.5 Å². The number of H-pyrrole nitrogens is 1. The predicted octanol–water partition coefficient (Wildman–Crippen LogP) is 3.28. The molecule has 1 aliphatic carbocycles. The number of aromatic amines is 1. The number of para-hydroxylation sites is 1. The van der Waals surface area contributed by atoms with E-state index in [0.29, 0.717) is 16.5 Å². The number of benzene rings is 1. The molecule has 0 aliphatic heterocycles. The first-order valence-electron chi connectivity index (χ1n) is 10.6. The summed E-state index contributed by atoms with van der Waals surface area (Å²) in [6, 6.07) is 7.05. The molecule has 32 heavy (non-hydrogen) atoms. The summed E-state index contributed by atoms with van der Waals surface area (Å²) in [7, 11) is 0. The number of carbonyl (C=O) groups is 3. The van der Waals surface area contributed by atoms with Crippen LogP contribution in [0, 0.1) is 16.0 Å². The van der Waals surface area contributed by atoms with Crippen LogP contribution in [0.25, 0.3) is 10.9 Å². The first-order valence-corrected chi connectivity index (χ1v) is 10.6. The summed E-state index contributed by atoms with van der Waals surface area (Å²) in [5, 5.41) is 12.1. The summed E-state index contributed by atoms with van der Waals surface area (Å²) in [4.78, 5) is 53.9. The Morgan fingerprint density at radius 1 is 1.12 bits per heavy atom. The third-order valence-electron chi connectivity index (χ3n) is 5.81. The van der Waals surface area contributed by atoms with Crippen LogP contribution in [0.1, 0.15) is 58.2 Å². The van der Waals surface area contributed by atoms with Gasteiger partial charge in [-0.3, -0.25) is 24.5 Å². The molecule has 0 saturated carbocycles. The second-order valence-corrected chi connectivity index (χ2v) is 8.82. The fourth-order valence-electron chi connectivity index (χ4n) is 4.55. The Morgan fingerprint density at radius 2 is 1.69 bits per heavy atom. The Labute approximate surface area is 185 Å². The van der Waals surface area contributed by atoms with E-state index in [4.69, 9.17) is 9.47 Å². The van der Waals surface area contributed by atoms with Crippen LogP contribution < -0.4 is 0 Å². The molecule has 0 radical (unpaired) electrons. The summed E-state index contributed by atoms with van der Waals surface area (Å²) in [5.74, 6) is -3.76. The van der Waals surface area contributed by atoms with Gasteiger partial charge in [-0.05, 0) is 52.7 Å². The molecule has 0 fully saturated rings. The topological polar surface area (TPSA) is 129 Å². The van der Waals surface area contributed by atoms with Gasteiger partial charge in [-0.2, -0.15) is 0 Å². The molecule has 0 amide bonds. The Kier molecular flexibility index (Phi) is 6.39. The summed E-state index contributed by atoms with van der Waals surface area (Å²) >= 11 is 0. The van der Waals surface area contributed by atoms with Crippen LogP contribution in [0.2, 0.25) is 0 Å². The highest BCUT2D eigenvalue weighted by molar-refractivity contribution is 6.09. The van der Waals surface area contributed by atoms with Crippen molar-refractivity contribution in [1.82, 2.24) is 4.98 Å². The van der Waals surface area contributed by atoms with Crippen molar-refractivity contribution in [3.8, 4) is 0 Å². The number of hydrogen-bond donors (Lipinski definition) is 1. The van der Waals surface area contributed by atoms with Gasteiger partial charge in [-0.15, -0.1) is 0 Å². The number of Topliss-reactive ketones (excluding diaryl/α,β-unsaturated/α-hetero) is 1. The van der Waals surface area contributed by atoms with Crippen molar-refractivity contribution in [2.24, 2.45) is 5.92 Å². The number of rotatable bonds is 7. The van der Waals surface area contributed by atoms with Crippen LogP contribution >= 0.6 is 0 Å². The monoisotopic (exact) mass is 444 g/mol. The molecule has 2 atom stereocenters. The molecule has 1 aromatic heterocycles. The SMILES string of the molecule is CC(=O)[C@@H]1CC(C(=O)OC(C)C)(C(=O)OC(C)C)c2[nH]c3ccccc3c2[C@@H]1C[N+](=O)[O-]. The summed E-state index contributed by atoms with van der Waals surface area (Å²) < 4.78 is 11.0. The van der Waals surface area contributed by atoms with Crippen molar-refractivity contribution in [3.05, 3.63) is 45.6 Å². The van der Waals surface area contributed by atoms with Crippen LogP contribution in [-0.2, 0) is 29.3 Å². The van der Waals surface area contributed by atoms with Crippen molar-refractivity contribution < 1.29 is 28.8 Å². The summed E-state index contributed by atoms with van der Waals surface area (Å²) in [5.41, 5.74) is -0.703. The lowest BCUT2D eigenvalue weighted by atomic mass is 9.63. The molecular formula is C23H28N2O7. The molecule has 1 N–H and O–H groups in total. The molecule has 1 heterocycles. The zero-order valence-corrected chi connectivity index (χ0v) is 18.8. The number of fused-ring (bicyclic) bond motifs is 3. The maximum Gasteiger partial charge on any atom is 0.329 e. The lowest BCUT2D eigenvalue weighted by Gasteiger charge is -2.39. The number of aromatic nitrogens is 1. The molecule has 0 bridgehead atoms. The number of esters is 2. The normalized spacial score (nSPS) is 19.6. The van der Waals surface area contributed by atoms with Gasteiger partial charge in [0.2, 0.25) is 12.0 Å². The first kappa shape index (κ1) is 23.4. The smallest absolute Gasteiger partial charge is 0.329 e. The Balaban J connectivity index is 2.38. The number of carbonyl (C=O) groups excluding carboxylic acids is 3. The van der Waals surface area contributed by atoms with Crippen molar-refractivity contribution in [3.63, 3.8) is 0 Å². The molecule has 3 rings (SSSR count). The molecule has 0 saturated heterocycles. The molecule has 2 aromatic rings. The number of nitrogens with one attached hydrogen (secondary N) is 1. The van der Waals surface area contributed by atoms with Gasteiger partial charge >= 0.3 is 11.9 Å². The van der Waals surface area contributed by atoms with Crippen LogP contribution in [0.15, 0.2) is 24.3 Å². The summed E-state index contributed by atoms with van der Waals surface area (Å²) in [6.07, 6.45) is -1.31. The number of nitrogens with zero attached hydrogens (tertiary/aromatic N) is 1. The minimum absolute atomic E-state index is 0.208. The maximum absolute atomic E-state index is 13.5. The van der Waals surface area contributed by atoms with Crippen molar-refractivity contribution >= 4 is 28.6 Å². The van der Waals surface area contributed by atoms with Gasteiger partial charge in [0.25, 0.3) is 0 Å². The zero-order chi connectivity index (χ0) is 23.8. The molecule has 9 heteroatoms. The maximum atomic E-state index is 13.5. The fraction of sp³-hybridized carbons (Fsp3) is 0.522. The Hall–Kier alpha value is -3.23. The Morgan fingerprint density at radius 3 is 2.19 bits per heavy atom. The molecule has 9 nitrogen and oxygen atoms in total. The molecule has 0 unspecified atom stereocenters.